The minimum Gasteiger partial charge on any atom is -0.322 e. The number of amides is 2. The molecule has 8 heteroatoms. The number of carbonyl (C=O) groups is 2. The number of halogens is 1. The molecule has 7 nitrogen and oxygen atoms in total. The second-order valence-electron chi connectivity index (χ2n) is 8.17. The second-order valence-corrected chi connectivity index (χ2v) is 8.57. The van der Waals surface area contributed by atoms with E-state index in [1.165, 1.54) is 11.6 Å². The van der Waals surface area contributed by atoms with Crippen LogP contribution in [0.2, 0.25) is 5.02 Å². The van der Waals surface area contributed by atoms with Crippen molar-refractivity contribution in [3.8, 4) is 0 Å². The number of carbonyl (C=O) groups excluding carboxylic acids is 2. The van der Waals surface area contributed by atoms with E-state index in [9.17, 15) is 9.59 Å². The lowest BCUT2D eigenvalue weighted by atomic mass is 10.0. The lowest BCUT2D eigenvalue weighted by Crippen LogP contribution is -2.36. The summed E-state index contributed by atoms with van der Waals surface area (Å²) in [6, 6.07) is 10.0. The number of aromatic nitrogens is 2. The Hall–Kier alpha value is -2.38. The predicted molar refractivity (Wildman–Crippen MR) is 112 cm³/mol. The van der Waals surface area contributed by atoms with E-state index in [0.29, 0.717) is 23.7 Å². The summed E-state index contributed by atoms with van der Waals surface area (Å²) >= 11 is 6.31. The molecule has 4 rings (SSSR count). The SMILES string of the molecule is CC(=O)Nc1ccn(C(=O)N2CC3CC(N(C)Cc4ccccc4Cl)CC3C2)n1. The zero-order valence-corrected chi connectivity index (χ0v) is 17.5. The van der Waals surface area contributed by atoms with Gasteiger partial charge < -0.3 is 10.2 Å². The Morgan fingerprint density at radius 1 is 1.21 bits per heavy atom. The van der Waals surface area contributed by atoms with Crippen LogP contribution in [0.4, 0.5) is 10.6 Å². The standard InChI is InChI=1S/C21H26ClN5O2/c1-14(28)23-20-7-8-27(24-20)21(29)26-12-16-9-18(10-17(16)13-26)25(2)11-15-5-3-4-6-19(15)22/h3-8,16-18H,9-13H2,1-2H3,(H,23,24,28). The number of rotatable bonds is 4. The van der Waals surface area contributed by atoms with Crippen LogP contribution in [0.3, 0.4) is 0 Å². The minimum atomic E-state index is -0.203. The van der Waals surface area contributed by atoms with Crippen LogP contribution >= 0.6 is 11.6 Å². The zero-order valence-electron chi connectivity index (χ0n) is 16.7. The Bertz CT molecular complexity index is 900. The minimum absolute atomic E-state index is 0.128. The van der Waals surface area contributed by atoms with Crippen LogP contribution in [0.5, 0.6) is 0 Å². The number of hydrogen-bond acceptors (Lipinski definition) is 4. The fraction of sp³-hybridized carbons (Fsp3) is 0.476. The van der Waals surface area contributed by atoms with Gasteiger partial charge in [0.2, 0.25) is 5.91 Å². The molecule has 1 N–H and O–H groups in total. The smallest absolute Gasteiger partial charge is 0.322 e. The van der Waals surface area contributed by atoms with Crippen LogP contribution in [-0.4, -0.2) is 57.7 Å². The van der Waals surface area contributed by atoms with E-state index in [1.807, 2.05) is 23.1 Å². The summed E-state index contributed by atoms with van der Waals surface area (Å²) in [4.78, 5) is 28.2. The Kier molecular flexibility index (Phi) is 5.61. The van der Waals surface area contributed by atoms with Crippen molar-refractivity contribution in [2.24, 2.45) is 11.8 Å². The van der Waals surface area contributed by atoms with Crippen LogP contribution in [0.25, 0.3) is 0 Å². The van der Waals surface area contributed by atoms with Gasteiger partial charge in [0, 0.05) is 49.9 Å². The van der Waals surface area contributed by atoms with Gasteiger partial charge in [-0.1, -0.05) is 29.8 Å². The maximum atomic E-state index is 12.8. The molecule has 1 saturated heterocycles. The van der Waals surface area contributed by atoms with Gasteiger partial charge in [-0.2, -0.15) is 4.68 Å². The monoisotopic (exact) mass is 415 g/mol. The highest BCUT2D eigenvalue weighted by atomic mass is 35.5. The van der Waals surface area contributed by atoms with Crippen molar-refractivity contribution in [3.05, 3.63) is 47.1 Å². The quantitative estimate of drug-likeness (QED) is 0.831. The van der Waals surface area contributed by atoms with Gasteiger partial charge >= 0.3 is 6.03 Å². The van der Waals surface area contributed by atoms with Gasteiger partial charge in [-0.15, -0.1) is 5.10 Å². The second kappa shape index (κ2) is 8.16. The molecular weight excluding hydrogens is 390 g/mol. The highest BCUT2D eigenvalue weighted by Crippen LogP contribution is 2.40. The number of nitrogens with zero attached hydrogens (tertiary/aromatic N) is 4. The molecule has 0 bridgehead atoms. The van der Waals surface area contributed by atoms with Crippen LogP contribution in [0.1, 0.15) is 25.3 Å². The first kappa shape index (κ1) is 19.9. The van der Waals surface area contributed by atoms with E-state index >= 15 is 0 Å². The number of hydrogen-bond donors (Lipinski definition) is 1. The van der Waals surface area contributed by atoms with Crippen molar-refractivity contribution in [1.29, 1.82) is 0 Å². The normalized spacial score (nSPS) is 23.4. The number of likely N-dealkylation sites (tertiary alicyclic amines) is 1. The zero-order chi connectivity index (χ0) is 20.5. The first-order valence-corrected chi connectivity index (χ1v) is 10.3. The Morgan fingerprint density at radius 3 is 2.55 bits per heavy atom. The van der Waals surface area contributed by atoms with Crippen molar-refractivity contribution in [2.45, 2.75) is 32.4 Å². The molecule has 1 aromatic heterocycles. The molecule has 1 saturated carbocycles. The summed E-state index contributed by atoms with van der Waals surface area (Å²) in [6.07, 6.45) is 3.78. The van der Waals surface area contributed by atoms with Crippen molar-refractivity contribution >= 4 is 29.4 Å². The summed E-state index contributed by atoms with van der Waals surface area (Å²) in [5, 5.41) is 7.57. The molecule has 0 spiro atoms. The van der Waals surface area contributed by atoms with Gasteiger partial charge in [0.15, 0.2) is 5.82 Å². The summed E-state index contributed by atoms with van der Waals surface area (Å²) in [5.41, 5.74) is 1.15. The highest BCUT2D eigenvalue weighted by molar-refractivity contribution is 6.31. The van der Waals surface area contributed by atoms with Crippen LogP contribution < -0.4 is 5.32 Å². The van der Waals surface area contributed by atoms with Crippen LogP contribution in [0.15, 0.2) is 36.5 Å². The molecular formula is C21H26ClN5O2. The third-order valence-electron chi connectivity index (χ3n) is 6.09. The van der Waals surface area contributed by atoms with E-state index in [4.69, 9.17) is 11.6 Å². The lowest BCUT2D eigenvalue weighted by molar-refractivity contribution is -0.114. The number of fused-ring (bicyclic) bond motifs is 1. The van der Waals surface area contributed by atoms with Gasteiger partial charge in [-0.05, 0) is 43.4 Å². The molecule has 2 heterocycles. The molecule has 2 atom stereocenters. The predicted octanol–water partition coefficient (Wildman–Crippen LogP) is 3.31. The molecule has 2 aromatic rings. The molecule has 0 radical (unpaired) electrons. The van der Waals surface area contributed by atoms with E-state index in [2.05, 4.69) is 28.4 Å². The van der Waals surface area contributed by atoms with E-state index in [0.717, 1.165) is 43.1 Å². The van der Waals surface area contributed by atoms with Gasteiger partial charge in [0.1, 0.15) is 0 Å². The third kappa shape index (κ3) is 4.31. The molecule has 1 aliphatic heterocycles. The maximum Gasteiger partial charge on any atom is 0.344 e. The van der Waals surface area contributed by atoms with Crippen molar-refractivity contribution in [2.75, 3.05) is 25.5 Å². The topological polar surface area (TPSA) is 70.5 Å². The number of benzene rings is 1. The molecule has 1 aliphatic carbocycles. The number of anilines is 1. The van der Waals surface area contributed by atoms with E-state index in [1.54, 1.807) is 12.3 Å². The van der Waals surface area contributed by atoms with Crippen molar-refractivity contribution in [1.82, 2.24) is 19.6 Å². The maximum absolute atomic E-state index is 12.8. The summed E-state index contributed by atoms with van der Waals surface area (Å²) in [5.74, 6) is 1.22. The average Bonchev–Trinajstić information content (AvgIpc) is 3.37. The molecule has 1 aromatic carbocycles. The summed E-state index contributed by atoms with van der Waals surface area (Å²) < 4.78 is 1.31. The molecule has 2 unspecified atom stereocenters. The third-order valence-corrected chi connectivity index (χ3v) is 6.46. The largest absolute Gasteiger partial charge is 0.344 e. The summed E-state index contributed by atoms with van der Waals surface area (Å²) in [7, 11) is 2.16. The van der Waals surface area contributed by atoms with Crippen molar-refractivity contribution in [3.63, 3.8) is 0 Å². The molecule has 2 fully saturated rings. The average molecular weight is 416 g/mol. The van der Waals surface area contributed by atoms with Gasteiger partial charge in [-0.3, -0.25) is 9.69 Å². The van der Waals surface area contributed by atoms with Crippen LogP contribution in [0, 0.1) is 11.8 Å². The van der Waals surface area contributed by atoms with E-state index < -0.39 is 0 Å². The lowest BCUT2D eigenvalue weighted by Gasteiger charge is -2.26. The first-order chi connectivity index (χ1) is 13.9. The van der Waals surface area contributed by atoms with Gasteiger partial charge in [0.05, 0.1) is 0 Å². The fourth-order valence-corrected chi connectivity index (χ4v) is 4.83. The van der Waals surface area contributed by atoms with E-state index in [-0.39, 0.29) is 11.9 Å². The van der Waals surface area contributed by atoms with Crippen LogP contribution in [-0.2, 0) is 11.3 Å². The van der Waals surface area contributed by atoms with Gasteiger partial charge in [0.25, 0.3) is 0 Å². The molecule has 2 amide bonds. The molecule has 154 valence electrons. The Balaban J connectivity index is 1.32. The fourth-order valence-electron chi connectivity index (χ4n) is 4.63. The number of nitrogens with one attached hydrogen (secondary N) is 1. The van der Waals surface area contributed by atoms with Crippen molar-refractivity contribution < 1.29 is 9.59 Å². The molecule has 29 heavy (non-hydrogen) atoms. The Morgan fingerprint density at radius 2 is 1.90 bits per heavy atom. The van der Waals surface area contributed by atoms with Gasteiger partial charge in [-0.25, -0.2) is 4.79 Å². The Labute approximate surface area is 175 Å². The highest BCUT2D eigenvalue weighted by Gasteiger charge is 2.43. The molecule has 2 aliphatic rings. The summed E-state index contributed by atoms with van der Waals surface area (Å²) in [6.45, 7) is 3.78. The first-order valence-electron chi connectivity index (χ1n) is 9.97.